The Balaban J connectivity index is 2.13. The Morgan fingerprint density at radius 3 is 2.65 bits per heavy atom. The minimum Gasteiger partial charge on any atom is -0.456 e. The Labute approximate surface area is 99.9 Å². The molecule has 0 spiro atoms. The molecule has 17 heavy (non-hydrogen) atoms. The van der Waals surface area contributed by atoms with Crippen LogP contribution in [0, 0.1) is 0 Å². The number of rotatable bonds is 2. The van der Waals surface area contributed by atoms with E-state index in [1.165, 1.54) is 0 Å². The van der Waals surface area contributed by atoms with E-state index < -0.39 is 0 Å². The highest BCUT2D eigenvalue weighted by atomic mass is 16.3. The third kappa shape index (κ3) is 1.78. The summed E-state index contributed by atoms with van der Waals surface area (Å²) in [6, 6.07) is 18.3. The molecule has 0 fully saturated rings. The van der Waals surface area contributed by atoms with Crippen LogP contribution >= 0.6 is 0 Å². The maximum absolute atomic E-state index is 5.83. The van der Waals surface area contributed by atoms with Crippen LogP contribution in [-0.2, 0) is 0 Å². The summed E-state index contributed by atoms with van der Waals surface area (Å²) < 4.78 is 5.83. The van der Waals surface area contributed by atoms with Gasteiger partial charge < -0.3 is 9.73 Å². The largest absolute Gasteiger partial charge is 0.456 e. The Kier molecular flexibility index (Phi) is 2.33. The molecule has 0 unspecified atom stereocenters. The zero-order valence-corrected chi connectivity index (χ0v) is 9.60. The SMILES string of the molecule is CNc1cccc(-c2cc3ccccc3o2)c1. The summed E-state index contributed by atoms with van der Waals surface area (Å²) in [6.07, 6.45) is 0. The van der Waals surface area contributed by atoms with Crippen LogP contribution < -0.4 is 5.32 Å². The van der Waals surface area contributed by atoms with E-state index >= 15 is 0 Å². The summed E-state index contributed by atoms with van der Waals surface area (Å²) in [6.45, 7) is 0. The van der Waals surface area contributed by atoms with Gasteiger partial charge in [-0.15, -0.1) is 0 Å². The molecule has 0 bridgehead atoms. The van der Waals surface area contributed by atoms with Gasteiger partial charge in [-0.05, 0) is 24.3 Å². The molecule has 1 N–H and O–H groups in total. The number of furan rings is 1. The summed E-state index contributed by atoms with van der Waals surface area (Å²) in [5.74, 6) is 0.906. The van der Waals surface area contributed by atoms with E-state index in [4.69, 9.17) is 4.42 Å². The summed E-state index contributed by atoms with van der Waals surface area (Å²) in [7, 11) is 1.91. The second kappa shape index (κ2) is 3.98. The highest BCUT2D eigenvalue weighted by Gasteiger charge is 2.05. The van der Waals surface area contributed by atoms with Crippen molar-refractivity contribution in [3.63, 3.8) is 0 Å². The van der Waals surface area contributed by atoms with Gasteiger partial charge in [-0.1, -0.05) is 30.3 Å². The number of fused-ring (bicyclic) bond motifs is 1. The average molecular weight is 223 g/mol. The molecule has 1 heterocycles. The standard InChI is InChI=1S/C15H13NO/c1-16-13-7-4-6-11(9-13)15-10-12-5-2-3-8-14(12)17-15/h2-10,16H,1H3. The van der Waals surface area contributed by atoms with Gasteiger partial charge in [0.2, 0.25) is 0 Å². The van der Waals surface area contributed by atoms with Gasteiger partial charge in [-0.25, -0.2) is 0 Å². The first-order valence-corrected chi connectivity index (χ1v) is 5.63. The summed E-state index contributed by atoms with van der Waals surface area (Å²) in [5, 5.41) is 4.27. The highest BCUT2D eigenvalue weighted by molar-refractivity contribution is 5.83. The molecule has 0 aliphatic rings. The molecule has 0 aliphatic heterocycles. The van der Waals surface area contributed by atoms with Crippen LogP contribution in [0.4, 0.5) is 5.69 Å². The van der Waals surface area contributed by atoms with Crippen LogP contribution in [0.2, 0.25) is 0 Å². The zero-order valence-electron chi connectivity index (χ0n) is 9.60. The van der Waals surface area contributed by atoms with E-state index in [-0.39, 0.29) is 0 Å². The number of hydrogen-bond acceptors (Lipinski definition) is 2. The minimum absolute atomic E-state index is 0.906. The molecule has 0 aliphatic carbocycles. The van der Waals surface area contributed by atoms with Crippen LogP contribution in [0.15, 0.2) is 59.0 Å². The molecule has 0 amide bonds. The van der Waals surface area contributed by atoms with Gasteiger partial charge in [-0.2, -0.15) is 0 Å². The van der Waals surface area contributed by atoms with Crippen molar-refractivity contribution in [1.82, 2.24) is 0 Å². The van der Waals surface area contributed by atoms with Crippen LogP contribution in [0.3, 0.4) is 0 Å². The molecule has 1 aromatic heterocycles. The first-order chi connectivity index (χ1) is 8.36. The molecule has 0 saturated heterocycles. The number of para-hydroxylation sites is 1. The lowest BCUT2D eigenvalue weighted by Crippen LogP contribution is -1.86. The Hall–Kier alpha value is -2.22. The maximum Gasteiger partial charge on any atom is 0.135 e. The van der Waals surface area contributed by atoms with E-state index in [2.05, 4.69) is 29.6 Å². The lowest BCUT2D eigenvalue weighted by Gasteiger charge is -2.01. The number of anilines is 1. The smallest absolute Gasteiger partial charge is 0.135 e. The van der Waals surface area contributed by atoms with Gasteiger partial charge >= 0.3 is 0 Å². The average Bonchev–Trinajstić information content (AvgIpc) is 2.82. The van der Waals surface area contributed by atoms with Crippen molar-refractivity contribution < 1.29 is 4.42 Å². The molecule has 0 atom stereocenters. The van der Waals surface area contributed by atoms with Crippen molar-refractivity contribution in [2.24, 2.45) is 0 Å². The first kappa shape index (κ1) is 9.97. The first-order valence-electron chi connectivity index (χ1n) is 5.63. The minimum atomic E-state index is 0.906. The number of benzene rings is 2. The Morgan fingerprint density at radius 2 is 1.82 bits per heavy atom. The van der Waals surface area contributed by atoms with Crippen molar-refractivity contribution >= 4 is 16.7 Å². The molecule has 3 rings (SSSR count). The Bertz CT molecular complexity index is 622. The van der Waals surface area contributed by atoms with Gasteiger partial charge in [0, 0.05) is 23.7 Å². The molecular weight excluding hydrogens is 210 g/mol. The quantitative estimate of drug-likeness (QED) is 0.706. The van der Waals surface area contributed by atoms with Crippen LogP contribution in [0.5, 0.6) is 0 Å². The van der Waals surface area contributed by atoms with Gasteiger partial charge in [0.15, 0.2) is 0 Å². The molecule has 2 aromatic carbocycles. The molecule has 0 saturated carbocycles. The molecule has 84 valence electrons. The van der Waals surface area contributed by atoms with E-state index in [1.807, 2.05) is 37.4 Å². The van der Waals surface area contributed by atoms with Gasteiger partial charge in [0.1, 0.15) is 11.3 Å². The summed E-state index contributed by atoms with van der Waals surface area (Å²) >= 11 is 0. The fourth-order valence-corrected chi connectivity index (χ4v) is 1.95. The lowest BCUT2D eigenvalue weighted by atomic mass is 10.1. The molecule has 0 radical (unpaired) electrons. The second-order valence-corrected chi connectivity index (χ2v) is 3.98. The van der Waals surface area contributed by atoms with Crippen molar-refractivity contribution in [1.29, 1.82) is 0 Å². The second-order valence-electron chi connectivity index (χ2n) is 3.98. The maximum atomic E-state index is 5.83. The van der Waals surface area contributed by atoms with Gasteiger partial charge in [-0.3, -0.25) is 0 Å². The van der Waals surface area contributed by atoms with E-state index in [9.17, 15) is 0 Å². The monoisotopic (exact) mass is 223 g/mol. The lowest BCUT2D eigenvalue weighted by molar-refractivity contribution is 0.631. The van der Waals surface area contributed by atoms with Crippen molar-refractivity contribution in [2.75, 3.05) is 12.4 Å². The van der Waals surface area contributed by atoms with Crippen LogP contribution in [-0.4, -0.2) is 7.05 Å². The van der Waals surface area contributed by atoms with E-state index in [0.717, 1.165) is 28.0 Å². The van der Waals surface area contributed by atoms with Crippen molar-refractivity contribution in [3.05, 3.63) is 54.6 Å². The van der Waals surface area contributed by atoms with Gasteiger partial charge in [0.25, 0.3) is 0 Å². The summed E-state index contributed by atoms with van der Waals surface area (Å²) in [4.78, 5) is 0. The predicted octanol–water partition coefficient (Wildman–Crippen LogP) is 4.14. The normalized spacial score (nSPS) is 10.6. The van der Waals surface area contributed by atoms with Crippen LogP contribution in [0.1, 0.15) is 0 Å². The number of hydrogen-bond donors (Lipinski definition) is 1. The molecule has 3 aromatic rings. The number of nitrogens with one attached hydrogen (secondary N) is 1. The highest BCUT2D eigenvalue weighted by Crippen LogP contribution is 2.28. The van der Waals surface area contributed by atoms with Gasteiger partial charge in [0.05, 0.1) is 0 Å². The third-order valence-electron chi connectivity index (χ3n) is 2.86. The van der Waals surface area contributed by atoms with Crippen LogP contribution in [0.25, 0.3) is 22.3 Å². The Morgan fingerprint density at radius 1 is 0.941 bits per heavy atom. The van der Waals surface area contributed by atoms with Crippen molar-refractivity contribution in [3.8, 4) is 11.3 Å². The van der Waals surface area contributed by atoms with E-state index in [0.29, 0.717) is 0 Å². The zero-order chi connectivity index (χ0) is 11.7. The fourth-order valence-electron chi connectivity index (χ4n) is 1.95. The topological polar surface area (TPSA) is 25.2 Å². The van der Waals surface area contributed by atoms with Crippen molar-refractivity contribution in [2.45, 2.75) is 0 Å². The fraction of sp³-hybridized carbons (Fsp3) is 0.0667. The predicted molar refractivity (Wildman–Crippen MR) is 71.2 cm³/mol. The molecule has 2 nitrogen and oxygen atoms in total. The molecular formula is C15H13NO. The summed E-state index contributed by atoms with van der Waals surface area (Å²) in [5.41, 5.74) is 3.10. The third-order valence-corrected chi connectivity index (χ3v) is 2.86. The molecule has 2 heteroatoms. The van der Waals surface area contributed by atoms with E-state index in [1.54, 1.807) is 0 Å².